The molecule has 2 amide bonds. The van der Waals surface area contributed by atoms with E-state index in [9.17, 15) is 23.9 Å². The summed E-state index contributed by atoms with van der Waals surface area (Å²) in [4.78, 5) is 34.9. The highest BCUT2D eigenvalue weighted by molar-refractivity contribution is 7.99. The van der Waals surface area contributed by atoms with Crippen LogP contribution in [0.1, 0.15) is 12.0 Å². The van der Waals surface area contributed by atoms with E-state index in [4.69, 9.17) is 0 Å². The summed E-state index contributed by atoms with van der Waals surface area (Å²) in [6, 6.07) is 5.63. The van der Waals surface area contributed by atoms with Gasteiger partial charge in [-0.3, -0.25) is 9.59 Å². The molecule has 124 valence electrons. The van der Waals surface area contributed by atoms with Crippen molar-refractivity contribution >= 4 is 29.5 Å². The Balaban J connectivity index is 1.82. The van der Waals surface area contributed by atoms with Crippen molar-refractivity contribution in [3.8, 4) is 0 Å². The van der Waals surface area contributed by atoms with E-state index in [1.165, 1.54) is 30.0 Å². The molecular weight excluding hydrogens is 323 g/mol. The maximum atomic E-state index is 13.0. The zero-order valence-electron chi connectivity index (χ0n) is 12.3. The van der Waals surface area contributed by atoms with Gasteiger partial charge in [-0.05, 0) is 29.9 Å². The number of rotatable bonds is 6. The maximum Gasteiger partial charge on any atom is 0.330 e. The molecule has 6 nitrogen and oxygen atoms in total. The Morgan fingerprint density at radius 1 is 1.30 bits per heavy atom. The van der Waals surface area contributed by atoms with Crippen LogP contribution < -0.4 is 10.6 Å². The fraction of sp³-hybridized carbons (Fsp3) is 0.400. The highest BCUT2D eigenvalue weighted by atomic mass is 32.2. The van der Waals surface area contributed by atoms with Gasteiger partial charge in [0.2, 0.25) is 11.8 Å². The van der Waals surface area contributed by atoms with E-state index >= 15 is 0 Å². The van der Waals surface area contributed by atoms with Gasteiger partial charge in [-0.15, -0.1) is 0 Å². The smallest absolute Gasteiger partial charge is 0.330 e. The van der Waals surface area contributed by atoms with E-state index in [0.717, 1.165) is 0 Å². The number of amides is 2. The Bertz CT molecular complexity index is 617. The summed E-state index contributed by atoms with van der Waals surface area (Å²) in [6.07, 6.45) is 0.306. The van der Waals surface area contributed by atoms with Crippen molar-refractivity contribution in [2.45, 2.75) is 18.4 Å². The van der Waals surface area contributed by atoms with Crippen LogP contribution in [0.5, 0.6) is 0 Å². The molecule has 1 heterocycles. The van der Waals surface area contributed by atoms with Crippen LogP contribution in [0.25, 0.3) is 0 Å². The first-order valence-corrected chi connectivity index (χ1v) is 8.20. The normalized spacial score (nSPS) is 20.0. The third-order valence-electron chi connectivity index (χ3n) is 3.51. The van der Waals surface area contributed by atoms with Crippen LogP contribution in [-0.4, -0.2) is 46.5 Å². The first-order valence-electron chi connectivity index (χ1n) is 7.04. The molecule has 1 unspecified atom stereocenters. The van der Waals surface area contributed by atoms with Crippen molar-refractivity contribution in [2.75, 3.05) is 18.1 Å². The van der Waals surface area contributed by atoms with Gasteiger partial charge in [0, 0.05) is 5.75 Å². The summed E-state index contributed by atoms with van der Waals surface area (Å²) in [7, 11) is 0. The quantitative estimate of drug-likeness (QED) is 0.703. The minimum atomic E-state index is -1.25. The lowest BCUT2D eigenvalue weighted by atomic mass is 9.99. The maximum absolute atomic E-state index is 13.0. The van der Waals surface area contributed by atoms with Crippen molar-refractivity contribution < 1.29 is 23.9 Å². The molecule has 0 aliphatic carbocycles. The zero-order valence-corrected chi connectivity index (χ0v) is 13.1. The highest BCUT2D eigenvalue weighted by Crippen LogP contribution is 2.28. The molecule has 0 radical (unpaired) electrons. The number of hydrogen-bond donors (Lipinski definition) is 3. The molecule has 8 heteroatoms. The van der Waals surface area contributed by atoms with E-state index < -0.39 is 29.1 Å². The summed E-state index contributed by atoms with van der Waals surface area (Å²) in [5.41, 5.74) is -0.758. The molecule has 1 aliphatic heterocycles. The van der Waals surface area contributed by atoms with Gasteiger partial charge >= 0.3 is 5.97 Å². The Morgan fingerprint density at radius 2 is 2.09 bits per heavy atom. The molecule has 0 bridgehead atoms. The molecule has 2 rings (SSSR count). The number of aliphatic carboxylic acids is 1. The molecule has 3 N–H and O–H groups in total. The van der Waals surface area contributed by atoms with Crippen molar-refractivity contribution in [3.05, 3.63) is 35.6 Å². The Morgan fingerprint density at radius 3 is 2.70 bits per heavy atom. The molecule has 23 heavy (non-hydrogen) atoms. The third kappa shape index (κ3) is 4.69. The molecule has 0 aromatic heterocycles. The van der Waals surface area contributed by atoms with Crippen molar-refractivity contribution in [1.29, 1.82) is 0 Å². The molecule has 1 aliphatic rings. The summed E-state index contributed by atoms with van der Waals surface area (Å²) in [5, 5.41) is 14.2. The molecule has 1 fully saturated rings. The Kier molecular flexibility index (Phi) is 5.59. The van der Waals surface area contributed by atoms with Gasteiger partial charge < -0.3 is 15.7 Å². The van der Waals surface area contributed by atoms with E-state index in [1.807, 2.05) is 0 Å². The van der Waals surface area contributed by atoms with Gasteiger partial charge in [0.05, 0.1) is 13.0 Å². The van der Waals surface area contributed by atoms with Gasteiger partial charge in [0.25, 0.3) is 0 Å². The number of thioether (sulfide) groups is 1. The van der Waals surface area contributed by atoms with Gasteiger partial charge in [0.1, 0.15) is 11.4 Å². The van der Waals surface area contributed by atoms with Crippen LogP contribution in [0.3, 0.4) is 0 Å². The lowest BCUT2D eigenvalue weighted by Gasteiger charge is -2.24. The topological polar surface area (TPSA) is 95.5 Å². The molecule has 0 saturated carbocycles. The van der Waals surface area contributed by atoms with Crippen molar-refractivity contribution in [2.24, 2.45) is 0 Å². The summed E-state index contributed by atoms with van der Waals surface area (Å²) in [5.74, 6) is -1.51. The van der Waals surface area contributed by atoms with Crippen LogP contribution in [-0.2, 0) is 20.8 Å². The predicted molar refractivity (Wildman–Crippen MR) is 83.6 cm³/mol. The Hall–Kier alpha value is -2.09. The average Bonchev–Trinajstić information content (AvgIpc) is 2.95. The van der Waals surface area contributed by atoms with Crippen LogP contribution in [0, 0.1) is 5.82 Å². The minimum absolute atomic E-state index is 0.0506. The number of benzene rings is 1. The fourth-order valence-corrected chi connectivity index (χ4v) is 3.60. The molecule has 1 aromatic carbocycles. The van der Waals surface area contributed by atoms with Gasteiger partial charge in [-0.2, -0.15) is 11.8 Å². The van der Waals surface area contributed by atoms with Crippen molar-refractivity contribution in [3.63, 3.8) is 0 Å². The summed E-state index contributed by atoms with van der Waals surface area (Å²) in [6.45, 7) is -0.312. The van der Waals surface area contributed by atoms with Crippen LogP contribution >= 0.6 is 11.8 Å². The SMILES string of the molecule is O=C(Cc1cccc(F)c1)NCC(=O)NC1(C(=O)O)CCSC1. The fourth-order valence-electron chi connectivity index (χ4n) is 2.27. The number of hydrogen-bond acceptors (Lipinski definition) is 4. The summed E-state index contributed by atoms with van der Waals surface area (Å²) >= 11 is 1.46. The number of nitrogens with one attached hydrogen (secondary N) is 2. The van der Waals surface area contributed by atoms with Crippen LogP contribution in [0.15, 0.2) is 24.3 Å². The van der Waals surface area contributed by atoms with E-state index in [-0.39, 0.29) is 13.0 Å². The monoisotopic (exact) mass is 340 g/mol. The first kappa shape index (κ1) is 17.3. The Labute approximate surface area is 136 Å². The standard InChI is InChI=1S/C15H17FN2O4S/c16-11-3-1-2-10(6-11)7-12(19)17-8-13(20)18-15(14(21)22)4-5-23-9-15/h1-3,6H,4-5,7-9H2,(H,17,19)(H,18,20)(H,21,22). The molecule has 0 spiro atoms. The average molecular weight is 340 g/mol. The van der Waals surface area contributed by atoms with E-state index in [2.05, 4.69) is 10.6 Å². The summed E-state index contributed by atoms with van der Waals surface area (Å²) < 4.78 is 13.0. The van der Waals surface area contributed by atoms with Gasteiger partial charge in [-0.1, -0.05) is 12.1 Å². The van der Waals surface area contributed by atoms with Crippen molar-refractivity contribution in [1.82, 2.24) is 10.6 Å². The van der Waals surface area contributed by atoms with E-state index in [0.29, 0.717) is 23.5 Å². The number of carbonyl (C=O) groups is 3. The largest absolute Gasteiger partial charge is 0.479 e. The zero-order chi connectivity index (χ0) is 16.9. The second-order valence-electron chi connectivity index (χ2n) is 5.32. The molecular formula is C15H17FN2O4S. The molecule has 1 saturated heterocycles. The van der Waals surface area contributed by atoms with E-state index in [1.54, 1.807) is 6.07 Å². The molecule has 1 atom stereocenters. The second kappa shape index (κ2) is 7.45. The van der Waals surface area contributed by atoms with Gasteiger partial charge in [0.15, 0.2) is 0 Å². The number of halogens is 1. The van der Waals surface area contributed by atoms with Crippen LogP contribution in [0.4, 0.5) is 4.39 Å². The lowest BCUT2D eigenvalue weighted by Crippen LogP contribution is -2.56. The third-order valence-corrected chi connectivity index (χ3v) is 4.70. The predicted octanol–water partition coefficient (Wildman–Crippen LogP) is 0.561. The molecule has 1 aromatic rings. The first-order chi connectivity index (χ1) is 10.9. The second-order valence-corrected chi connectivity index (χ2v) is 6.43. The van der Waals surface area contributed by atoms with Crippen LogP contribution in [0.2, 0.25) is 0 Å². The number of carboxylic acids is 1. The highest BCUT2D eigenvalue weighted by Gasteiger charge is 2.43. The number of carboxylic acid groups (broad SMARTS) is 1. The lowest BCUT2D eigenvalue weighted by molar-refractivity contribution is -0.146. The minimum Gasteiger partial charge on any atom is -0.479 e. The van der Waals surface area contributed by atoms with Gasteiger partial charge in [-0.25, -0.2) is 9.18 Å². The number of carbonyl (C=O) groups excluding carboxylic acids is 2.